The molecule has 1 saturated heterocycles. The highest BCUT2D eigenvalue weighted by atomic mass is 35.5. The maximum Gasteiger partial charge on any atom is 0.305 e. The van der Waals surface area contributed by atoms with Gasteiger partial charge < -0.3 is 14.7 Å². The number of anilines is 1. The molecular formula is C12H13ClN2O5. The summed E-state index contributed by atoms with van der Waals surface area (Å²) in [4.78, 5) is 22.9. The first-order valence-corrected chi connectivity index (χ1v) is 6.37. The van der Waals surface area contributed by atoms with Crippen molar-refractivity contribution in [3.8, 4) is 0 Å². The zero-order valence-corrected chi connectivity index (χ0v) is 11.2. The maximum absolute atomic E-state index is 10.9. The van der Waals surface area contributed by atoms with Crippen molar-refractivity contribution in [2.75, 3.05) is 24.7 Å². The Morgan fingerprint density at radius 2 is 2.35 bits per heavy atom. The van der Waals surface area contributed by atoms with E-state index in [-0.39, 0.29) is 23.2 Å². The van der Waals surface area contributed by atoms with Gasteiger partial charge in [-0.15, -0.1) is 0 Å². The Bertz CT molecular complexity index is 537. The van der Waals surface area contributed by atoms with Crippen LogP contribution in [0.3, 0.4) is 0 Å². The average Bonchev–Trinajstić information content (AvgIpc) is 2.39. The summed E-state index contributed by atoms with van der Waals surface area (Å²) in [5, 5.41) is 19.8. The van der Waals surface area contributed by atoms with Gasteiger partial charge in [0.15, 0.2) is 0 Å². The number of non-ortho nitro benzene ring substituents is 1. The molecule has 7 nitrogen and oxygen atoms in total. The monoisotopic (exact) mass is 300 g/mol. The highest BCUT2D eigenvalue weighted by molar-refractivity contribution is 6.33. The number of rotatable bonds is 4. The van der Waals surface area contributed by atoms with E-state index in [4.69, 9.17) is 21.4 Å². The molecule has 1 heterocycles. The first kappa shape index (κ1) is 14.5. The van der Waals surface area contributed by atoms with Crippen LogP contribution in [0.1, 0.15) is 6.42 Å². The lowest BCUT2D eigenvalue weighted by Crippen LogP contribution is -2.46. The van der Waals surface area contributed by atoms with Gasteiger partial charge >= 0.3 is 5.97 Å². The minimum atomic E-state index is -0.927. The van der Waals surface area contributed by atoms with Crippen LogP contribution in [0.25, 0.3) is 0 Å². The Morgan fingerprint density at radius 1 is 1.60 bits per heavy atom. The molecule has 1 atom stereocenters. The van der Waals surface area contributed by atoms with Crippen molar-refractivity contribution in [2.45, 2.75) is 12.5 Å². The predicted molar refractivity (Wildman–Crippen MR) is 72.3 cm³/mol. The van der Waals surface area contributed by atoms with Crippen LogP contribution < -0.4 is 4.90 Å². The first-order valence-electron chi connectivity index (χ1n) is 5.99. The van der Waals surface area contributed by atoms with Gasteiger partial charge in [0.25, 0.3) is 5.69 Å². The molecule has 8 heteroatoms. The van der Waals surface area contributed by atoms with E-state index in [0.717, 1.165) is 0 Å². The predicted octanol–water partition coefficient (Wildman–Crippen LogP) is 1.93. The third-order valence-electron chi connectivity index (χ3n) is 3.09. The fourth-order valence-electron chi connectivity index (χ4n) is 2.18. The number of nitro groups is 1. The van der Waals surface area contributed by atoms with Crippen molar-refractivity contribution in [3.63, 3.8) is 0 Å². The molecule has 2 rings (SSSR count). The Kier molecular flexibility index (Phi) is 4.41. The van der Waals surface area contributed by atoms with E-state index in [1.54, 1.807) is 6.07 Å². The summed E-state index contributed by atoms with van der Waals surface area (Å²) < 4.78 is 5.28. The number of morpholine rings is 1. The molecule has 0 saturated carbocycles. The van der Waals surface area contributed by atoms with Gasteiger partial charge in [-0.3, -0.25) is 14.9 Å². The van der Waals surface area contributed by atoms with Gasteiger partial charge in [-0.25, -0.2) is 0 Å². The van der Waals surface area contributed by atoms with Gasteiger partial charge in [0, 0.05) is 18.7 Å². The van der Waals surface area contributed by atoms with Gasteiger partial charge in [-0.1, -0.05) is 11.6 Å². The van der Waals surface area contributed by atoms with Gasteiger partial charge in [0.05, 0.1) is 41.3 Å². The van der Waals surface area contributed by atoms with E-state index < -0.39 is 10.9 Å². The highest BCUT2D eigenvalue weighted by Gasteiger charge is 2.27. The molecular weight excluding hydrogens is 288 g/mol. The van der Waals surface area contributed by atoms with E-state index in [9.17, 15) is 14.9 Å². The zero-order chi connectivity index (χ0) is 14.7. The zero-order valence-electron chi connectivity index (χ0n) is 10.5. The van der Waals surface area contributed by atoms with Crippen LogP contribution >= 0.6 is 11.6 Å². The summed E-state index contributed by atoms with van der Waals surface area (Å²) in [5.41, 5.74) is 0.494. The molecule has 0 amide bonds. The fraction of sp³-hybridized carbons (Fsp3) is 0.417. The standard InChI is InChI=1S/C12H13ClN2O5/c13-10-5-8(15(18)19)1-2-11(10)14-3-4-20-7-9(14)6-12(16)17/h1-2,5,9H,3-4,6-7H2,(H,16,17). The van der Waals surface area contributed by atoms with E-state index in [1.165, 1.54) is 12.1 Å². The Balaban J connectivity index is 2.27. The molecule has 0 aromatic heterocycles. The summed E-state index contributed by atoms with van der Waals surface area (Å²) >= 11 is 6.07. The minimum Gasteiger partial charge on any atom is -0.481 e. The summed E-state index contributed by atoms with van der Waals surface area (Å²) in [6.45, 7) is 1.25. The van der Waals surface area contributed by atoms with Gasteiger partial charge in [0.2, 0.25) is 0 Å². The normalized spacial score (nSPS) is 18.9. The maximum atomic E-state index is 10.9. The van der Waals surface area contributed by atoms with E-state index in [2.05, 4.69) is 0 Å². The molecule has 1 aromatic carbocycles. The number of halogens is 1. The molecule has 0 radical (unpaired) electrons. The summed E-state index contributed by atoms with van der Waals surface area (Å²) in [6, 6.07) is 3.83. The smallest absolute Gasteiger partial charge is 0.305 e. The number of carboxylic acids is 1. The second-order valence-corrected chi connectivity index (χ2v) is 4.82. The number of hydrogen-bond acceptors (Lipinski definition) is 5. The van der Waals surface area contributed by atoms with Crippen molar-refractivity contribution < 1.29 is 19.6 Å². The second-order valence-electron chi connectivity index (χ2n) is 4.41. The number of nitro benzene ring substituents is 1. The number of nitrogens with zero attached hydrogens (tertiary/aromatic N) is 2. The van der Waals surface area contributed by atoms with Crippen LogP contribution in [0.5, 0.6) is 0 Å². The molecule has 108 valence electrons. The van der Waals surface area contributed by atoms with Crippen molar-refractivity contribution in [1.82, 2.24) is 0 Å². The van der Waals surface area contributed by atoms with Crippen molar-refractivity contribution in [2.24, 2.45) is 0 Å². The Morgan fingerprint density at radius 3 is 2.95 bits per heavy atom. The molecule has 1 aromatic rings. The van der Waals surface area contributed by atoms with E-state index in [0.29, 0.717) is 25.4 Å². The molecule has 1 aliphatic rings. The van der Waals surface area contributed by atoms with Crippen LogP contribution in [0.2, 0.25) is 5.02 Å². The van der Waals surface area contributed by atoms with Crippen molar-refractivity contribution in [1.29, 1.82) is 0 Å². The first-order chi connectivity index (χ1) is 9.49. The average molecular weight is 301 g/mol. The second kappa shape index (κ2) is 6.06. The minimum absolute atomic E-state index is 0.0761. The highest BCUT2D eigenvalue weighted by Crippen LogP contribution is 2.32. The fourth-order valence-corrected chi connectivity index (χ4v) is 2.47. The summed E-state index contributed by atoms with van der Waals surface area (Å²) in [6.07, 6.45) is -0.0761. The lowest BCUT2D eigenvalue weighted by Gasteiger charge is -2.37. The van der Waals surface area contributed by atoms with E-state index >= 15 is 0 Å². The number of carboxylic acid groups (broad SMARTS) is 1. The number of hydrogen-bond donors (Lipinski definition) is 1. The van der Waals surface area contributed by atoms with E-state index in [1.807, 2.05) is 4.90 Å². The van der Waals surface area contributed by atoms with Crippen molar-refractivity contribution in [3.05, 3.63) is 33.3 Å². The quantitative estimate of drug-likeness (QED) is 0.674. The van der Waals surface area contributed by atoms with Gasteiger partial charge in [-0.2, -0.15) is 0 Å². The van der Waals surface area contributed by atoms with Crippen LogP contribution in [-0.2, 0) is 9.53 Å². The molecule has 20 heavy (non-hydrogen) atoms. The number of ether oxygens (including phenoxy) is 1. The van der Waals surface area contributed by atoms with Crippen LogP contribution in [0.15, 0.2) is 18.2 Å². The third kappa shape index (κ3) is 3.17. The molecule has 1 N–H and O–H groups in total. The molecule has 0 spiro atoms. The largest absolute Gasteiger partial charge is 0.481 e. The van der Waals surface area contributed by atoms with Crippen molar-refractivity contribution >= 4 is 28.9 Å². The lowest BCUT2D eigenvalue weighted by atomic mass is 10.1. The van der Waals surface area contributed by atoms with Gasteiger partial charge in [0.1, 0.15) is 0 Å². The molecule has 1 fully saturated rings. The van der Waals surface area contributed by atoms with Crippen LogP contribution in [-0.4, -0.2) is 41.8 Å². The Labute approximate surface area is 119 Å². The van der Waals surface area contributed by atoms with Crippen LogP contribution in [0, 0.1) is 10.1 Å². The summed E-state index contributed by atoms with van der Waals surface area (Å²) in [7, 11) is 0. The lowest BCUT2D eigenvalue weighted by molar-refractivity contribution is -0.384. The SMILES string of the molecule is O=C(O)CC1COCCN1c1ccc([N+](=O)[O-])cc1Cl. The Hall–Kier alpha value is -1.86. The topological polar surface area (TPSA) is 92.9 Å². The third-order valence-corrected chi connectivity index (χ3v) is 3.39. The summed E-state index contributed by atoms with van der Waals surface area (Å²) in [5.74, 6) is -0.927. The molecule has 1 aliphatic heterocycles. The number of benzene rings is 1. The number of aliphatic carboxylic acids is 1. The van der Waals surface area contributed by atoms with Gasteiger partial charge in [-0.05, 0) is 6.07 Å². The molecule has 0 bridgehead atoms. The number of carbonyl (C=O) groups is 1. The van der Waals surface area contributed by atoms with Crippen LogP contribution in [0.4, 0.5) is 11.4 Å². The molecule has 1 unspecified atom stereocenters. The molecule has 0 aliphatic carbocycles.